The smallest absolute Gasteiger partial charge is 0.0957 e. The van der Waals surface area contributed by atoms with E-state index in [1.807, 2.05) is 0 Å². The summed E-state index contributed by atoms with van der Waals surface area (Å²) in [6.07, 6.45) is 4.67. The highest BCUT2D eigenvalue weighted by Gasteiger charge is 2.29. The van der Waals surface area contributed by atoms with Crippen LogP contribution >= 0.6 is 0 Å². The van der Waals surface area contributed by atoms with Gasteiger partial charge in [0.1, 0.15) is 0 Å². The van der Waals surface area contributed by atoms with E-state index >= 15 is 0 Å². The Bertz CT molecular complexity index is 138. The fourth-order valence-corrected chi connectivity index (χ4v) is 1.37. The Labute approximate surface area is 69.1 Å². The Morgan fingerprint density at radius 2 is 2.09 bits per heavy atom. The van der Waals surface area contributed by atoms with Gasteiger partial charge in [0.05, 0.1) is 5.84 Å². The van der Waals surface area contributed by atoms with Crippen LogP contribution in [0.2, 0.25) is 0 Å². The van der Waals surface area contributed by atoms with E-state index in [1.54, 1.807) is 0 Å². The maximum atomic E-state index is 7.69. The van der Waals surface area contributed by atoms with Crippen molar-refractivity contribution < 1.29 is 0 Å². The molecule has 0 bridgehead atoms. The first-order valence-electron chi connectivity index (χ1n) is 4.63. The minimum Gasteiger partial charge on any atom is -0.358 e. The molecule has 11 heavy (non-hydrogen) atoms. The number of rotatable bonds is 4. The Balaban J connectivity index is 2.37. The predicted molar refractivity (Wildman–Crippen MR) is 48.0 cm³/mol. The van der Waals surface area contributed by atoms with Gasteiger partial charge in [-0.25, -0.2) is 0 Å². The van der Waals surface area contributed by atoms with Crippen molar-refractivity contribution in [3.8, 4) is 0 Å². The molecular formula is C9H18N2. The van der Waals surface area contributed by atoms with Gasteiger partial charge in [0.25, 0.3) is 0 Å². The molecule has 0 spiro atoms. The Morgan fingerprint density at radius 3 is 2.45 bits per heavy atom. The highest BCUT2D eigenvalue weighted by molar-refractivity contribution is 5.79. The fraction of sp³-hybridized carbons (Fsp3) is 0.889. The molecule has 1 aliphatic rings. The molecule has 0 unspecified atom stereocenters. The summed E-state index contributed by atoms with van der Waals surface area (Å²) in [5.41, 5.74) is 0. The summed E-state index contributed by atoms with van der Waals surface area (Å²) in [4.78, 5) is 2.26. The number of amidine groups is 1. The normalized spacial score (nSPS) is 16.5. The third-order valence-corrected chi connectivity index (χ3v) is 2.13. The second-order valence-electron chi connectivity index (χ2n) is 3.22. The van der Waals surface area contributed by atoms with Crippen LogP contribution in [0.25, 0.3) is 0 Å². The highest BCUT2D eigenvalue weighted by atomic mass is 15.2. The van der Waals surface area contributed by atoms with E-state index in [2.05, 4.69) is 18.7 Å². The van der Waals surface area contributed by atoms with Gasteiger partial charge >= 0.3 is 0 Å². The predicted octanol–water partition coefficient (Wildman–Crippen LogP) is 2.25. The summed E-state index contributed by atoms with van der Waals surface area (Å²) in [7, 11) is 0. The average Bonchev–Trinajstić information content (AvgIpc) is 2.81. The first kappa shape index (κ1) is 8.57. The highest BCUT2D eigenvalue weighted by Crippen LogP contribution is 2.27. The summed E-state index contributed by atoms with van der Waals surface area (Å²) in [6.45, 7) is 5.32. The zero-order valence-electron chi connectivity index (χ0n) is 7.56. The van der Waals surface area contributed by atoms with Gasteiger partial charge < -0.3 is 4.90 Å². The summed E-state index contributed by atoms with van der Waals surface area (Å²) in [6, 6.07) is 0.724. The molecule has 2 nitrogen and oxygen atoms in total. The van der Waals surface area contributed by atoms with Gasteiger partial charge in [-0.05, 0) is 19.3 Å². The van der Waals surface area contributed by atoms with E-state index in [4.69, 9.17) is 5.41 Å². The molecule has 2 heteroatoms. The van der Waals surface area contributed by atoms with Crippen molar-refractivity contribution >= 4 is 5.84 Å². The second kappa shape index (κ2) is 3.74. The maximum absolute atomic E-state index is 7.69. The maximum Gasteiger partial charge on any atom is 0.0957 e. The molecule has 0 heterocycles. The van der Waals surface area contributed by atoms with Crippen molar-refractivity contribution in [2.75, 3.05) is 6.54 Å². The van der Waals surface area contributed by atoms with Crippen molar-refractivity contribution in [3.63, 3.8) is 0 Å². The van der Waals surface area contributed by atoms with Crippen LogP contribution in [0.4, 0.5) is 0 Å². The largest absolute Gasteiger partial charge is 0.358 e. The molecule has 0 atom stereocenters. The fourth-order valence-electron chi connectivity index (χ4n) is 1.37. The molecule has 0 amide bonds. The van der Waals surface area contributed by atoms with Crippen LogP contribution in [0.5, 0.6) is 0 Å². The molecule has 1 N–H and O–H groups in total. The first-order valence-corrected chi connectivity index (χ1v) is 4.63. The number of nitrogens with zero attached hydrogens (tertiary/aromatic N) is 1. The van der Waals surface area contributed by atoms with E-state index in [1.165, 1.54) is 19.3 Å². The van der Waals surface area contributed by atoms with Crippen LogP contribution in [0, 0.1) is 5.41 Å². The van der Waals surface area contributed by atoms with Gasteiger partial charge in [-0.1, -0.05) is 13.8 Å². The molecule has 64 valence electrons. The molecule has 0 aromatic rings. The van der Waals surface area contributed by atoms with Crippen molar-refractivity contribution in [1.82, 2.24) is 4.90 Å². The Hall–Kier alpha value is -0.530. The van der Waals surface area contributed by atoms with E-state index in [0.717, 1.165) is 24.8 Å². The molecule has 0 radical (unpaired) electrons. The standard InChI is InChI=1S/C9H18N2/c1-3-7-11(8-5-6-8)9(10)4-2/h8,10H,3-7H2,1-2H3. The minimum absolute atomic E-state index is 0.724. The average molecular weight is 154 g/mol. The first-order chi connectivity index (χ1) is 5.29. The summed E-state index contributed by atoms with van der Waals surface area (Å²) >= 11 is 0. The molecule has 1 fully saturated rings. The molecule has 0 saturated heterocycles. The van der Waals surface area contributed by atoms with E-state index in [-0.39, 0.29) is 0 Å². The van der Waals surface area contributed by atoms with Gasteiger partial charge in [-0.2, -0.15) is 0 Å². The topological polar surface area (TPSA) is 27.1 Å². The molecule has 0 aromatic heterocycles. The molecular weight excluding hydrogens is 136 g/mol. The molecule has 0 aromatic carbocycles. The van der Waals surface area contributed by atoms with Crippen LogP contribution in [0.15, 0.2) is 0 Å². The molecule has 1 aliphatic carbocycles. The van der Waals surface area contributed by atoms with Crippen LogP contribution in [0.3, 0.4) is 0 Å². The second-order valence-corrected chi connectivity index (χ2v) is 3.22. The third-order valence-electron chi connectivity index (χ3n) is 2.13. The lowest BCUT2D eigenvalue weighted by Gasteiger charge is -2.23. The minimum atomic E-state index is 0.724. The van der Waals surface area contributed by atoms with Crippen LogP contribution < -0.4 is 0 Å². The quantitative estimate of drug-likeness (QED) is 0.488. The SMILES string of the molecule is CCCN(C(=N)CC)C1CC1. The van der Waals surface area contributed by atoms with Gasteiger partial charge in [-0.3, -0.25) is 5.41 Å². The number of nitrogens with one attached hydrogen (secondary N) is 1. The number of hydrogen-bond acceptors (Lipinski definition) is 1. The number of hydrogen-bond donors (Lipinski definition) is 1. The van der Waals surface area contributed by atoms with Gasteiger partial charge in [0, 0.05) is 19.0 Å². The van der Waals surface area contributed by atoms with Crippen molar-refractivity contribution in [1.29, 1.82) is 5.41 Å². The molecule has 1 saturated carbocycles. The zero-order valence-corrected chi connectivity index (χ0v) is 7.56. The lowest BCUT2D eigenvalue weighted by molar-refractivity contribution is 0.399. The van der Waals surface area contributed by atoms with Crippen LogP contribution in [0.1, 0.15) is 39.5 Å². The van der Waals surface area contributed by atoms with E-state index in [0.29, 0.717) is 0 Å². The van der Waals surface area contributed by atoms with Gasteiger partial charge in [0.2, 0.25) is 0 Å². The van der Waals surface area contributed by atoms with Gasteiger partial charge in [0.15, 0.2) is 0 Å². The summed E-state index contributed by atoms with van der Waals surface area (Å²) in [5, 5.41) is 7.69. The Kier molecular flexibility index (Phi) is 2.92. The lowest BCUT2D eigenvalue weighted by Crippen LogP contribution is -2.32. The molecule has 0 aliphatic heterocycles. The van der Waals surface area contributed by atoms with Crippen molar-refractivity contribution in [3.05, 3.63) is 0 Å². The van der Waals surface area contributed by atoms with Crippen LogP contribution in [-0.4, -0.2) is 23.3 Å². The van der Waals surface area contributed by atoms with Crippen molar-refractivity contribution in [2.24, 2.45) is 0 Å². The van der Waals surface area contributed by atoms with E-state index < -0.39 is 0 Å². The zero-order chi connectivity index (χ0) is 8.27. The molecule has 1 rings (SSSR count). The van der Waals surface area contributed by atoms with Gasteiger partial charge in [-0.15, -0.1) is 0 Å². The van der Waals surface area contributed by atoms with Crippen molar-refractivity contribution in [2.45, 2.75) is 45.6 Å². The summed E-state index contributed by atoms with van der Waals surface area (Å²) < 4.78 is 0. The monoisotopic (exact) mass is 154 g/mol. The lowest BCUT2D eigenvalue weighted by atomic mass is 10.3. The third kappa shape index (κ3) is 2.21. The summed E-state index contributed by atoms with van der Waals surface area (Å²) in [5.74, 6) is 0.828. The Morgan fingerprint density at radius 1 is 1.45 bits per heavy atom. The van der Waals surface area contributed by atoms with E-state index in [9.17, 15) is 0 Å². The van der Waals surface area contributed by atoms with Crippen LogP contribution in [-0.2, 0) is 0 Å².